The molecular formula is C18H24IN3O. The molecular weight excluding hydrogens is 401 g/mol. The summed E-state index contributed by atoms with van der Waals surface area (Å²) in [4.78, 5) is 6.46. The maximum absolute atomic E-state index is 5.40. The summed E-state index contributed by atoms with van der Waals surface area (Å²) >= 11 is 0. The van der Waals surface area contributed by atoms with E-state index in [2.05, 4.69) is 39.5 Å². The number of fused-ring (bicyclic) bond motifs is 1. The fourth-order valence-electron chi connectivity index (χ4n) is 3.17. The lowest BCUT2D eigenvalue weighted by molar-refractivity contribution is 0.398. The van der Waals surface area contributed by atoms with Crippen molar-refractivity contribution in [1.29, 1.82) is 0 Å². The van der Waals surface area contributed by atoms with Gasteiger partial charge in [-0.25, -0.2) is 0 Å². The van der Waals surface area contributed by atoms with Crippen LogP contribution in [-0.4, -0.2) is 31.5 Å². The Labute approximate surface area is 155 Å². The molecule has 0 fully saturated rings. The Bertz CT molecular complexity index is 639. The molecule has 1 aliphatic rings. The molecule has 1 unspecified atom stereocenters. The fraction of sp³-hybridized carbons (Fsp3) is 0.389. The third kappa shape index (κ3) is 4.28. The fourth-order valence-corrected chi connectivity index (χ4v) is 3.17. The largest absolute Gasteiger partial charge is 0.467 e. The van der Waals surface area contributed by atoms with Crippen molar-refractivity contribution in [3.05, 3.63) is 59.5 Å². The lowest BCUT2D eigenvalue weighted by Crippen LogP contribution is -2.40. The van der Waals surface area contributed by atoms with Crippen molar-refractivity contribution in [3.63, 3.8) is 0 Å². The van der Waals surface area contributed by atoms with Crippen LogP contribution >= 0.6 is 24.0 Å². The zero-order valence-electron chi connectivity index (χ0n) is 13.7. The zero-order chi connectivity index (χ0) is 15.4. The van der Waals surface area contributed by atoms with Gasteiger partial charge in [0, 0.05) is 26.6 Å². The Morgan fingerprint density at radius 1 is 1.30 bits per heavy atom. The van der Waals surface area contributed by atoms with Crippen molar-refractivity contribution in [1.82, 2.24) is 10.2 Å². The molecule has 0 saturated heterocycles. The molecule has 1 N–H and O–H groups in total. The van der Waals surface area contributed by atoms with Gasteiger partial charge in [0.25, 0.3) is 0 Å². The molecule has 1 aromatic carbocycles. The van der Waals surface area contributed by atoms with Gasteiger partial charge in [-0.3, -0.25) is 4.99 Å². The van der Waals surface area contributed by atoms with E-state index >= 15 is 0 Å². The van der Waals surface area contributed by atoms with Gasteiger partial charge < -0.3 is 14.6 Å². The third-order valence-electron chi connectivity index (χ3n) is 4.31. The Morgan fingerprint density at radius 3 is 2.87 bits per heavy atom. The molecule has 0 aliphatic heterocycles. The number of aliphatic imine (C=N–C) groups is 1. The summed E-state index contributed by atoms with van der Waals surface area (Å²) in [6, 6.07) is 12.7. The smallest absolute Gasteiger partial charge is 0.193 e. The molecule has 0 spiro atoms. The van der Waals surface area contributed by atoms with E-state index in [4.69, 9.17) is 4.42 Å². The lowest BCUT2D eigenvalue weighted by Gasteiger charge is -2.23. The van der Waals surface area contributed by atoms with Gasteiger partial charge in [-0.2, -0.15) is 0 Å². The van der Waals surface area contributed by atoms with E-state index in [1.165, 1.54) is 24.0 Å². The number of benzene rings is 1. The van der Waals surface area contributed by atoms with E-state index < -0.39 is 0 Å². The van der Waals surface area contributed by atoms with Crippen LogP contribution in [0.5, 0.6) is 0 Å². The Morgan fingerprint density at radius 2 is 2.13 bits per heavy atom. The highest BCUT2D eigenvalue weighted by Crippen LogP contribution is 2.32. The van der Waals surface area contributed by atoms with Crippen molar-refractivity contribution in [3.8, 4) is 0 Å². The predicted molar refractivity (Wildman–Crippen MR) is 104 cm³/mol. The first-order valence-electron chi connectivity index (χ1n) is 7.80. The second-order valence-electron chi connectivity index (χ2n) is 5.80. The number of furan rings is 1. The summed E-state index contributed by atoms with van der Waals surface area (Å²) in [5.41, 5.74) is 2.98. The molecule has 0 saturated carbocycles. The molecule has 1 aliphatic carbocycles. The van der Waals surface area contributed by atoms with Gasteiger partial charge in [0.2, 0.25) is 0 Å². The minimum absolute atomic E-state index is 0. The number of nitrogens with one attached hydrogen (secondary N) is 1. The molecule has 0 radical (unpaired) electrons. The van der Waals surface area contributed by atoms with Gasteiger partial charge >= 0.3 is 0 Å². The number of hydrogen-bond donors (Lipinski definition) is 1. The van der Waals surface area contributed by atoms with Crippen LogP contribution in [0, 0.1) is 0 Å². The van der Waals surface area contributed by atoms with Crippen LogP contribution in [0.3, 0.4) is 0 Å². The van der Waals surface area contributed by atoms with Crippen LogP contribution in [-0.2, 0) is 13.0 Å². The first-order valence-corrected chi connectivity index (χ1v) is 7.80. The van der Waals surface area contributed by atoms with Crippen LogP contribution in [0.2, 0.25) is 0 Å². The molecule has 23 heavy (non-hydrogen) atoms. The summed E-state index contributed by atoms with van der Waals surface area (Å²) in [5.74, 6) is 2.42. The molecule has 0 bridgehead atoms. The average Bonchev–Trinajstić information content (AvgIpc) is 3.18. The van der Waals surface area contributed by atoms with E-state index in [1.807, 2.05) is 26.2 Å². The normalized spacial score (nSPS) is 16.6. The number of rotatable bonds is 4. The highest BCUT2D eigenvalue weighted by molar-refractivity contribution is 14.0. The van der Waals surface area contributed by atoms with Crippen LogP contribution in [0.15, 0.2) is 52.1 Å². The molecule has 0 amide bonds. The van der Waals surface area contributed by atoms with Gasteiger partial charge in [-0.15, -0.1) is 24.0 Å². The van der Waals surface area contributed by atoms with Gasteiger partial charge in [0.05, 0.1) is 12.8 Å². The molecule has 5 heteroatoms. The molecule has 1 aromatic heterocycles. The van der Waals surface area contributed by atoms with Crippen LogP contribution in [0.25, 0.3) is 0 Å². The Hall–Kier alpha value is -1.50. The maximum Gasteiger partial charge on any atom is 0.193 e. The summed E-state index contributed by atoms with van der Waals surface area (Å²) in [5, 5.41) is 3.50. The van der Waals surface area contributed by atoms with Gasteiger partial charge in [-0.1, -0.05) is 24.3 Å². The second kappa shape index (κ2) is 8.38. The zero-order valence-corrected chi connectivity index (χ0v) is 16.0. The Kier molecular flexibility index (Phi) is 6.50. The van der Waals surface area contributed by atoms with Gasteiger partial charge in [-0.05, 0) is 36.1 Å². The molecule has 4 nitrogen and oxygen atoms in total. The van der Waals surface area contributed by atoms with Gasteiger partial charge in [0.1, 0.15) is 5.76 Å². The number of guanidine groups is 1. The predicted octanol–water partition coefficient (Wildman–Crippen LogP) is 3.63. The summed E-state index contributed by atoms with van der Waals surface area (Å²) in [6.07, 6.45) is 4.10. The third-order valence-corrected chi connectivity index (χ3v) is 4.31. The topological polar surface area (TPSA) is 40.8 Å². The molecule has 1 heterocycles. The summed E-state index contributed by atoms with van der Waals surface area (Å²) in [7, 11) is 3.85. The van der Waals surface area contributed by atoms with E-state index in [9.17, 15) is 0 Å². The number of aryl methyl sites for hydroxylation is 1. The van der Waals surface area contributed by atoms with Crippen molar-refractivity contribution in [2.45, 2.75) is 25.3 Å². The monoisotopic (exact) mass is 425 g/mol. The van der Waals surface area contributed by atoms with Crippen LogP contribution < -0.4 is 5.32 Å². The SMILES string of the molecule is CN=C(NCC1CCc2ccccc21)N(C)Cc1ccco1.I. The number of nitrogens with zero attached hydrogens (tertiary/aromatic N) is 2. The van der Waals surface area contributed by atoms with E-state index in [-0.39, 0.29) is 24.0 Å². The van der Waals surface area contributed by atoms with Crippen molar-refractivity contribution in [2.24, 2.45) is 4.99 Å². The summed E-state index contributed by atoms with van der Waals surface area (Å²) in [6.45, 7) is 1.64. The van der Waals surface area contributed by atoms with Crippen LogP contribution in [0.1, 0.15) is 29.2 Å². The van der Waals surface area contributed by atoms with E-state index in [0.717, 1.165) is 18.3 Å². The van der Waals surface area contributed by atoms with Crippen molar-refractivity contribution >= 4 is 29.9 Å². The van der Waals surface area contributed by atoms with Gasteiger partial charge in [0.15, 0.2) is 5.96 Å². The molecule has 1 atom stereocenters. The minimum Gasteiger partial charge on any atom is -0.467 e. The lowest BCUT2D eigenvalue weighted by atomic mass is 10.0. The number of hydrogen-bond acceptors (Lipinski definition) is 2. The van der Waals surface area contributed by atoms with E-state index in [1.54, 1.807) is 6.26 Å². The molecule has 124 valence electrons. The first kappa shape index (κ1) is 17.8. The second-order valence-corrected chi connectivity index (χ2v) is 5.80. The Balaban J connectivity index is 0.00000192. The highest BCUT2D eigenvalue weighted by atomic mass is 127. The van der Waals surface area contributed by atoms with Crippen molar-refractivity contribution in [2.75, 3.05) is 20.6 Å². The molecule has 2 aromatic rings. The first-order chi connectivity index (χ1) is 10.8. The quantitative estimate of drug-likeness (QED) is 0.462. The number of halogens is 1. The van der Waals surface area contributed by atoms with Crippen LogP contribution in [0.4, 0.5) is 0 Å². The highest BCUT2D eigenvalue weighted by Gasteiger charge is 2.22. The average molecular weight is 425 g/mol. The summed E-state index contributed by atoms with van der Waals surface area (Å²) < 4.78 is 5.40. The minimum atomic E-state index is 0. The maximum atomic E-state index is 5.40. The van der Waals surface area contributed by atoms with E-state index in [0.29, 0.717) is 12.5 Å². The molecule has 3 rings (SSSR count). The standard InChI is InChI=1S/C18H23N3O.HI/c1-19-18(21(2)13-16-7-5-11-22-16)20-12-15-10-9-14-6-3-4-8-17(14)15;/h3-8,11,15H,9-10,12-13H2,1-2H3,(H,19,20);1H. The van der Waals surface area contributed by atoms with Crippen molar-refractivity contribution < 1.29 is 4.42 Å².